The lowest BCUT2D eigenvalue weighted by atomic mass is 9.90. The van der Waals surface area contributed by atoms with Gasteiger partial charge in [0.05, 0.1) is 6.54 Å². The van der Waals surface area contributed by atoms with Crippen LogP contribution in [0, 0.1) is 0 Å². The van der Waals surface area contributed by atoms with Gasteiger partial charge in [0.2, 0.25) is 5.91 Å². The van der Waals surface area contributed by atoms with E-state index in [1.165, 1.54) is 0 Å². The molecule has 0 atom stereocenters. The predicted octanol–water partition coefficient (Wildman–Crippen LogP) is 3.93. The lowest BCUT2D eigenvalue weighted by Crippen LogP contribution is -2.54. The number of hydrogen-bond donors (Lipinski definition) is 0. The maximum absolute atomic E-state index is 12.3. The van der Waals surface area contributed by atoms with Crippen LogP contribution in [-0.2, 0) is 11.3 Å². The van der Waals surface area contributed by atoms with Gasteiger partial charge in [0.1, 0.15) is 11.4 Å². The largest absolute Gasteiger partial charge is 0.485 e. The van der Waals surface area contributed by atoms with E-state index in [1.807, 2.05) is 59.5 Å². The number of likely N-dealkylation sites (tertiary alicyclic amines) is 1. The highest BCUT2D eigenvalue weighted by atomic mass is 16.5. The van der Waals surface area contributed by atoms with Crippen molar-refractivity contribution in [1.82, 2.24) is 9.80 Å². The van der Waals surface area contributed by atoms with Crippen LogP contribution in [0.5, 0.6) is 5.75 Å². The third kappa shape index (κ3) is 4.73. The minimum Gasteiger partial charge on any atom is -0.485 e. The van der Waals surface area contributed by atoms with Crippen LogP contribution < -0.4 is 4.74 Å². The zero-order valence-electron chi connectivity index (χ0n) is 17.7. The molecule has 0 aliphatic carbocycles. The summed E-state index contributed by atoms with van der Waals surface area (Å²) < 4.78 is 6.54. The number of nitrogens with zero attached hydrogens (tertiary/aromatic N) is 2. The molecule has 1 amide bonds. The van der Waals surface area contributed by atoms with Gasteiger partial charge in [0.25, 0.3) is 0 Å². The van der Waals surface area contributed by atoms with Crippen molar-refractivity contribution >= 4 is 11.7 Å². The second-order valence-electron chi connectivity index (χ2n) is 8.50. The summed E-state index contributed by atoms with van der Waals surface area (Å²) in [6.45, 7) is 5.65. The molecule has 0 bridgehead atoms. The van der Waals surface area contributed by atoms with Crippen LogP contribution in [0.25, 0.3) is 0 Å². The Kier molecular flexibility index (Phi) is 6.18. The Labute approximate surface area is 178 Å². The number of benzene rings is 2. The van der Waals surface area contributed by atoms with Crippen LogP contribution in [0.15, 0.2) is 54.6 Å². The number of ketones is 1. The van der Waals surface area contributed by atoms with E-state index in [1.54, 1.807) is 6.92 Å². The molecular weight excluding hydrogens is 376 g/mol. The zero-order chi connectivity index (χ0) is 21.0. The molecule has 1 spiro atoms. The van der Waals surface area contributed by atoms with E-state index in [9.17, 15) is 9.59 Å². The molecular formula is C25H30N2O3. The second-order valence-corrected chi connectivity index (χ2v) is 8.50. The Hall–Kier alpha value is -2.66. The fraction of sp³-hybridized carbons (Fsp3) is 0.440. The summed E-state index contributed by atoms with van der Waals surface area (Å²) in [5, 5.41) is 0. The third-order valence-electron chi connectivity index (χ3n) is 6.33. The number of Topliss-reactive ketones (excluding diaryl/α,β-unsaturated/α-hetero) is 1. The molecule has 2 aliphatic heterocycles. The van der Waals surface area contributed by atoms with Crippen molar-refractivity contribution in [2.45, 2.75) is 44.8 Å². The summed E-state index contributed by atoms with van der Waals surface area (Å²) in [5.74, 6) is 1.21. The van der Waals surface area contributed by atoms with Crippen LogP contribution in [-0.4, -0.2) is 53.3 Å². The average Bonchev–Trinajstić information content (AvgIpc) is 2.92. The molecule has 5 heteroatoms. The van der Waals surface area contributed by atoms with Gasteiger partial charge in [0, 0.05) is 56.9 Å². The van der Waals surface area contributed by atoms with Crippen molar-refractivity contribution in [2.24, 2.45) is 0 Å². The summed E-state index contributed by atoms with van der Waals surface area (Å²) in [4.78, 5) is 28.8. The number of rotatable bonds is 5. The Morgan fingerprint density at radius 3 is 2.43 bits per heavy atom. The Balaban J connectivity index is 1.33. The highest BCUT2D eigenvalue weighted by Gasteiger charge is 2.41. The monoisotopic (exact) mass is 406 g/mol. The maximum Gasteiger partial charge on any atom is 0.219 e. The van der Waals surface area contributed by atoms with Gasteiger partial charge >= 0.3 is 0 Å². The lowest BCUT2D eigenvalue weighted by Gasteiger charge is -2.42. The fourth-order valence-corrected chi connectivity index (χ4v) is 4.51. The number of carbonyl (C=O) groups excluding carboxylic acids is 2. The maximum atomic E-state index is 12.3. The van der Waals surface area contributed by atoms with Crippen LogP contribution in [0.3, 0.4) is 0 Å². The van der Waals surface area contributed by atoms with E-state index < -0.39 is 0 Å². The summed E-state index contributed by atoms with van der Waals surface area (Å²) in [6, 6.07) is 17.6. The number of carbonyl (C=O) groups is 2. The number of piperidine rings is 1. The summed E-state index contributed by atoms with van der Waals surface area (Å²) >= 11 is 0. The molecule has 30 heavy (non-hydrogen) atoms. The first-order chi connectivity index (χ1) is 14.5. The summed E-state index contributed by atoms with van der Waals surface area (Å²) in [7, 11) is 0. The molecule has 0 radical (unpaired) electrons. The van der Waals surface area contributed by atoms with Crippen LogP contribution in [0.1, 0.15) is 48.5 Å². The minimum atomic E-state index is -0.325. The molecule has 2 aromatic rings. The van der Waals surface area contributed by atoms with Crippen LogP contribution in [0.2, 0.25) is 0 Å². The van der Waals surface area contributed by atoms with Crippen molar-refractivity contribution in [3.05, 3.63) is 65.7 Å². The van der Waals surface area contributed by atoms with Gasteiger partial charge in [0.15, 0.2) is 5.78 Å². The first-order valence-electron chi connectivity index (χ1n) is 10.9. The van der Waals surface area contributed by atoms with E-state index in [4.69, 9.17) is 4.74 Å². The van der Waals surface area contributed by atoms with Gasteiger partial charge < -0.3 is 14.5 Å². The van der Waals surface area contributed by atoms with Crippen LogP contribution >= 0.6 is 0 Å². The second kappa shape index (κ2) is 9.00. The molecule has 2 aliphatic rings. The first-order valence-corrected chi connectivity index (χ1v) is 10.9. The average molecular weight is 407 g/mol. The molecule has 5 nitrogen and oxygen atoms in total. The van der Waals surface area contributed by atoms with Crippen molar-refractivity contribution in [3.63, 3.8) is 0 Å². The van der Waals surface area contributed by atoms with E-state index in [0.717, 1.165) is 55.8 Å². The van der Waals surface area contributed by atoms with Crippen molar-refractivity contribution in [3.8, 4) is 5.75 Å². The van der Waals surface area contributed by atoms with Gasteiger partial charge in [-0.1, -0.05) is 48.5 Å². The number of amides is 1. The van der Waals surface area contributed by atoms with E-state index in [0.29, 0.717) is 19.5 Å². The number of para-hydroxylation sites is 1. The molecule has 158 valence electrons. The quantitative estimate of drug-likeness (QED) is 0.706. The minimum absolute atomic E-state index is 0.0940. The summed E-state index contributed by atoms with van der Waals surface area (Å²) in [5.41, 5.74) is 1.55. The fourth-order valence-electron chi connectivity index (χ4n) is 4.51. The topological polar surface area (TPSA) is 49.9 Å². The molecule has 1 fully saturated rings. The van der Waals surface area contributed by atoms with Gasteiger partial charge in [-0.05, 0) is 19.0 Å². The normalized spacial score (nSPS) is 18.4. The van der Waals surface area contributed by atoms with Gasteiger partial charge in [-0.15, -0.1) is 0 Å². The van der Waals surface area contributed by atoms with E-state index in [2.05, 4.69) is 4.90 Å². The van der Waals surface area contributed by atoms with E-state index in [-0.39, 0.29) is 17.3 Å². The molecule has 4 rings (SSSR count). The number of ether oxygens (including phenoxy) is 1. The first kappa shape index (κ1) is 20.6. The Morgan fingerprint density at radius 2 is 1.70 bits per heavy atom. The molecule has 0 aromatic heterocycles. The van der Waals surface area contributed by atoms with Gasteiger partial charge in [-0.2, -0.15) is 0 Å². The smallest absolute Gasteiger partial charge is 0.219 e. The number of hydrogen-bond acceptors (Lipinski definition) is 4. The third-order valence-corrected chi connectivity index (χ3v) is 6.33. The standard InChI is InChI=1S/C25H30N2O3/c1-20(28)27-18-22-10-5-6-12-24(22)30-25(19-27)13-16-26(17-14-25)15-7-11-23(29)21-8-3-2-4-9-21/h2-6,8-10,12H,7,11,13-19H2,1H3. The van der Waals surface area contributed by atoms with Crippen molar-refractivity contribution < 1.29 is 14.3 Å². The number of fused-ring (bicyclic) bond motifs is 1. The Morgan fingerprint density at radius 1 is 1.00 bits per heavy atom. The molecule has 1 saturated heterocycles. The van der Waals surface area contributed by atoms with Crippen molar-refractivity contribution in [2.75, 3.05) is 26.2 Å². The molecule has 0 saturated carbocycles. The van der Waals surface area contributed by atoms with Crippen LogP contribution in [0.4, 0.5) is 0 Å². The molecule has 0 N–H and O–H groups in total. The highest BCUT2D eigenvalue weighted by Crippen LogP contribution is 2.35. The van der Waals surface area contributed by atoms with E-state index >= 15 is 0 Å². The Bertz CT molecular complexity index is 888. The highest BCUT2D eigenvalue weighted by molar-refractivity contribution is 5.95. The summed E-state index contributed by atoms with van der Waals surface area (Å²) in [6.07, 6.45) is 3.22. The predicted molar refractivity (Wildman–Crippen MR) is 117 cm³/mol. The molecule has 0 unspecified atom stereocenters. The van der Waals surface area contributed by atoms with Gasteiger partial charge in [-0.3, -0.25) is 9.59 Å². The molecule has 2 aromatic carbocycles. The van der Waals surface area contributed by atoms with Crippen molar-refractivity contribution in [1.29, 1.82) is 0 Å². The lowest BCUT2D eigenvalue weighted by molar-refractivity contribution is -0.132. The zero-order valence-corrected chi connectivity index (χ0v) is 17.7. The molecule has 2 heterocycles. The van der Waals surface area contributed by atoms with Gasteiger partial charge in [-0.25, -0.2) is 0 Å². The SMILES string of the molecule is CC(=O)N1Cc2ccccc2OC2(CCN(CCCC(=O)c3ccccc3)CC2)C1.